The number of carbonyl (C=O) groups excluding carboxylic acids is 2. The van der Waals surface area contributed by atoms with Gasteiger partial charge >= 0.3 is 5.97 Å². The first-order valence-corrected chi connectivity index (χ1v) is 7.71. The highest BCUT2D eigenvalue weighted by atomic mass is 32.2. The molecule has 1 rings (SSSR count). The quantitative estimate of drug-likeness (QED) is 0.736. The second kappa shape index (κ2) is 7.17. The van der Waals surface area contributed by atoms with Crippen molar-refractivity contribution < 1.29 is 14.3 Å². The summed E-state index contributed by atoms with van der Waals surface area (Å²) in [5.74, 6) is 0.414. The van der Waals surface area contributed by atoms with Crippen LogP contribution in [0.15, 0.2) is 0 Å². The molecule has 0 unspecified atom stereocenters. The summed E-state index contributed by atoms with van der Waals surface area (Å²) < 4.78 is 5.23. The standard InChI is InChI=1S/C14H24O3S/c1-14(2,3)13(16)18-10-12(15)17-9-11-7-5-4-6-8-11/h11H,4-10H2,1-3H3. The highest BCUT2D eigenvalue weighted by Crippen LogP contribution is 2.25. The van der Waals surface area contributed by atoms with Gasteiger partial charge in [-0.3, -0.25) is 9.59 Å². The molecule has 0 N–H and O–H groups in total. The van der Waals surface area contributed by atoms with Gasteiger partial charge in [-0.05, 0) is 18.8 Å². The molecule has 1 aliphatic rings. The van der Waals surface area contributed by atoms with E-state index in [0.717, 1.165) is 11.8 Å². The minimum Gasteiger partial charge on any atom is -0.465 e. The van der Waals surface area contributed by atoms with Gasteiger partial charge < -0.3 is 4.74 Å². The second-order valence-corrected chi connectivity index (χ2v) is 6.96. The third-order valence-corrected chi connectivity index (χ3v) is 4.39. The van der Waals surface area contributed by atoms with Crippen molar-refractivity contribution in [2.45, 2.75) is 52.9 Å². The van der Waals surface area contributed by atoms with Gasteiger partial charge in [-0.2, -0.15) is 0 Å². The molecule has 3 nitrogen and oxygen atoms in total. The predicted molar refractivity (Wildman–Crippen MR) is 74.5 cm³/mol. The predicted octanol–water partition coefficient (Wildman–Crippen LogP) is 3.42. The molecule has 1 aliphatic carbocycles. The first-order valence-electron chi connectivity index (χ1n) is 6.72. The molecule has 0 aliphatic heterocycles. The smallest absolute Gasteiger partial charge is 0.316 e. The number of carbonyl (C=O) groups is 2. The van der Waals surface area contributed by atoms with Crippen LogP contribution in [0.5, 0.6) is 0 Å². The van der Waals surface area contributed by atoms with Gasteiger partial charge in [0, 0.05) is 5.41 Å². The van der Waals surface area contributed by atoms with Crippen LogP contribution in [0, 0.1) is 11.3 Å². The van der Waals surface area contributed by atoms with Gasteiger partial charge in [0.1, 0.15) is 0 Å². The molecule has 0 radical (unpaired) electrons. The van der Waals surface area contributed by atoms with Crippen LogP contribution >= 0.6 is 11.8 Å². The largest absolute Gasteiger partial charge is 0.465 e. The van der Waals surface area contributed by atoms with Gasteiger partial charge in [-0.1, -0.05) is 51.8 Å². The lowest BCUT2D eigenvalue weighted by molar-refractivity contribution is -0.142. The Morgan fingerprint density at radius 1 is 1.17 bits per heavy atom. The van der Waals surface area contributed by atoms with E-state index < -0.39 is 5.41 Å². The first-order chi connectivity index (χ1) is 8.39. The lowest BCUT2D eigenvalue weighted by Gasteiger charge is -2.21. The molecule has 0 saturated heterocycles. The van der Waals surface area contributed by atoms with Crippen molar-refractivity contribution in [2.24, 2.45) is 11.3 Å². The molecule has 0 bridgehead atoms. The van der Waals surface area contributed by atoms with Gasteiger partial charge in [0.05, 0.1) is 12.4 Å². The molecule has 1 saturated carbocycles. The number of ether oxygens (including phenoxy) is 1. The normalized spacial score (nSPS) is 17.5. The Morgan fingerprint density at radius 2 is 1.78 bits per heavy atom. The van der Waals surface area contributed by atoms with Crippen molar-refractivity contribution in [3.05, 3.63) is 0 Å². The van der Waals surface area contributed by atoms with Crippen LogP contribution in [-0.4, -0.2) is 23.4 Å². The van der Waals surface area contributed by atoms with Gasteiger partial charge in [0.25, 0.3) is 0 Å². The Kier molecular flexibility index (Phi) is 6.19. The number of thioether (sulfide) groups is 1. The zero-order valence-electron chi connectivity index (χ0n) is 11.7. The van der Waals surface area contributed by atoms with Crippen molar-refractivity contribution in [2.75, 3.05) is 12.4 Å². The van der Waals surface area contributed by atoms with Crippen LogP contribution in [-0.2, 0) is 14.3 Å². The lowest BCUT2D eigenvalue weighted by Crippen LogP contribution is -2.21. The number of esters is 1. The van der Waals surface area contributed by atoms with Crippen LogP contribution in [0.2, 0.25) is 0 Å². The molecule has 0 spiro atoms. The van der Waals surface area contributed by atoms with E-state index in [1.807, 2.05) is 20.8 Å². The summed E-state index contributed by atoms with van der Waals surface area (Å²) in [4.78, 5) is 23.2. The van der Waals surface area contributed by atoms with Gasteiger partial charge in [0.15, 0.2) is 5.12 Å². The average molecular weight is 272 g/mol. The summed E-state index contributed by atoms with van der Waals surface area (Å²) in [5.41, 5.74) is -0.395. The van der Waals surface area contributed by atoms with Crippen LogP contribution in [0.4, 0.5) is 0 Å². The molecule has 18 heavy (non-hydrogen) atoms. The third-order valence-electron chi connectivity index (χ3n) is 3.14. The molecule has 0 aromatic heterocycles. The van der Waals surface area contributed by atoms with Crippen LogP contribution in [0.1, 0.15) is 52.9 Å². The summed E-state index contributed by atoms with van der Waals surface area (Å²) >= 11 is 1.06. The fourth-order valence-electron chi connectivity index (χ4n) is 1.95. The summed E-state index contributed by atoms with van der Waals surface area (Å²) in [6.45, 7) is 6.10. The van der Waals surface area contributed by atoms with E-state index in [-0.39, 0.29) is 16.8 Å². The fraction of sp³-hybridized carbons (Fsp3) is 0.857. The number of hydrogen-bond acceptors (Lipinski definition) is 4. The summed E-state index contributed by atoms with van der Waals surface area (Å²) in [6.07, 6.45) is 6.14. The van der Waals surface area contributed by atoms with E-state index in [0.29, 0.717) is 12.5 Å². The van der Waals surface area contributed by atoms with Crippen LogP contribution in [0.3, 0.4) is 0 Å². The zero-order valence-corrected chi connectivity index (χ0v) is 12.5. The van der Waals surface area contributed by atoms with Crippen molar-refractivity contribution >= 4 is 22.8 Å². The molecular weight excluding hydrogens is 248 g/mol. The van der Waals surface area contributed by atoms with E-state index in [2.05, 4.69) is 0 Å². The first kappa shape index (κ1) is 15.5. The maximum atomic E-state index is 11.6. The van der Waals surface area contributed by atoms with E-state index in [1.54, 1.807) is 0 Å². The average Bonchev–Trinajstić information content (AvgIpc) is 2.33. The van der Waals surface area contributed by atoms with Gasteiger partial charge in [-0.25, -0.2) is 0 Å². The fourth-order valence-corrected chi connectivity index (χ4v) is 2.71. The molecule has 0 aromatic rings. The molecule has 0 aromatic carbocycles. The number of hydrogen-bond donors (Lipinski definition) is 0. The second-order valence-electron chi connectivity index (χ2n) is 6.01. The van der Waals surface area contributed by atoms with Gasteiger partial charge in [-0.15, -0.1) is 0 Å². The summed E-state index contributed by atoms with van der Waals surface area (Å²) in [7, 11) is 0. The summed E-state index contributed by atoms with van der Waals surface area (Å²) in [5, 5.41) is 0.0390. The molecule has 0 heterocycles. The third kappa shape index (κ3) is 5.89. The minimum absolute atomic E-state index is 0.0390. The number of rotatable bonds is 4. The molecule has 1 fully saturated rings. The van der Waals surface area contributed by atoms with E-state index in [4.69, 9.17) is 4.74 Å². The highest BCUT2D eigenvalue weighted by Gasteiger charge is 2.23. The molecule has 0 atom stereocenters. The summed E-state index contributed by atoms with van der Waals surface area (Å²) in [6, 6.07) is 0. The maximum Gasteiger partial charge on any atom is 0.316 e. The Morgan fingerprint density at radius 3 is 2.33 bits per heavy atom. The molecule has 104 valence electrons. The Bertz CT molecular complexity index is 288. The van der Waals surface area contributed by atoms with E-state index in [9.17, 15) is 9.59 Å². The van der Waals surface area contributed by atoms with Crippen molar-refractivity contribution in [3.8, 4) is 0 Å². The van der Waals surface area contributed by atoms with E-state index in [1.165, 1.54) is 32.1 Å². The Balaban J connectivity index is 2.15. The maximum absolute atomic E-state index is 11.6. The molecule has 4 heteroatoms. The monoisotopic (exact) mass is 272 g/mol. The van der Waals surface area contributed by atoms with Crippen molar-refractivity contribution in [1.29, 1.82) is 0 Å². The molecular formula is C14H24O3S. The molecule has 0 amide bonds. The van der Waals surface area contributed by atoms with Crippen molar-refractivity contribution in [3.63, 3.8) is 0 Å². The Hall–Kier alpha value is -0.510. The highest BCUT2D eigenvalue weighted by molar-refractivity contribution is 8.14. The SMILES string of the molecule is CC(C)(C)C(=O)SCC(=O)OCC1CCCCC1. The minimum atomic E-state index is -0.395. The zero-order chi connectivity index (χ0) is 13.6. The topological polar surface area (TPSA) is 43.4 Å². The Labute approximate surface area is 114 Å². The van der Waals surface area contributed by atoms with E-state index >= 15 is 0 Å². The van der Waals surface area contributed by atoms with Crippen LogP contribution in [0.25, 0.3) is 0 Å². The van der Waals surface area contributed by atoms with Gasteiger partial charge in [0.2, 0.25) is 0 Å². The van der Waals surface area contributed by atoms with Crippen LogP contribution < -0.4 is 0 Å². The lowest BCUT2D eigenvalue weighted by atomic mass is 9.90. The van der Waals surface area contributed by atoms with Crippen molar-refractivity contribution in [1.82, 2.24) is 0 Å².